The number of anilines is 1. The lowest BCUT2D eigenvalue weighted by molar-refractivity contribution is -0.116. The van der Waals surface area contributed by atoms with Gasteiger partial charge in [-0.3, -0.25) is 19.3 Å². The van der Waals surface area contributed by atoms with Crippen molar-refractivity contribution < 1.29 is 23.9 Å². The largest absolute Gasteiger partial charge is 0.462 e. The van der Waals surface area contributed by atoms with Crippen LogP contribution in [0.5, 0.6) is 0 Å². The molecule has 3 amide bonds. The van der Waals surface area contributed by atoms with Gasteiger partial charge < -0.3 is 10.1 Å². The minimum absolute atomic E-state index is 0.0991. The van der Waals surface area contributed by atoms with Crippen LogP contribution < -0.4 is 5.32 Å². The van der Waals surface area contributed by atoms with E-state index in [0.717, 1.165) is 10.4 Å². The topological polar surface area (TPSA) is 92.8 Å². The van der Waals surface area contributed by atoms with Gasteiger partial charge in [-0.25, -0.2) is 4.79 Å². The first-order chi connectivity index (χ1) is 15.5. The molecule has 7 nitrogen and oxygen atoms in total. The molecule has 9 heteroatoms. The summed E-state index contributed by atoms with van der Waals surface area (Å²) in [5.41, 5.74) is 1.85. The molecule has 3 aromatic rings. The Morgan fingerprint density at radius 3 is 2.34 bits per heavy atom. The number of fused-ring (bicyclic) bond motifs is 1. The van der Waals surface area contributed by atoms with Crippen molar-refractivity contribution in [3.8, 4) is 10.4 Å². The molecule has 0 saturated carbocycles. The van der Waals surface area contributed by atoms with Gasteiger partial charge in [-0.15, -0.1) is 22.7 Å². The molecule has 1 N–H and O–H groups in total. The minimum atomic E-state index is -0.488. The third-order valence-corrected chi connectivity index (χ3v) is 6.77. The van der Waals surface area contributed by atoms with E-state index in [1.165, 1.54) is 27.6 Å². The van der Waals surface area contributed by atoms with Crippen LogP contribution in [0, 0.1) is 0 Å². The zero-order chi connectivity index (χ0) is 22.7. The standard InChI is InChI=1S/C23H20N2O5S2/c1-2-30-23(29)19-16(17-9-6-12-31-17)13-32-20(19)24-18(26)10-5-11-25-21(27)14-7-3-4-8-15(14)22(25)28/h3-4,6-9,12-13H,2,5,10-11H2,1H3,(H,24,26). The molecule has 32 heavy (non-hydrogen) atoms. The molecule has 0 spiro atoms. The van der Waals surface area contributed by atoms with Gasteiger partial charge in [0, 0.05) is 28.8 Å². The van der Waals surface area contributed by atoms with Gasteiger partial charge in [-0.05, 0) is 36.9 Å². The Bertz CT molecular complexity index is 1150. The first-order valence-corrected chi connectivity index (χ1v) is 11.8. The van der Waals surface area contributed by atoms with Gasteiger partial charge in [0.15, 0.2) is 0 Å². The van der Waals surface area contributed by atoms with Gasteiger partial charge in [0.2, 0.25) is 5.91 Å². The molecule has 0 radical (unpaired) electrons. The van der Waals surface area contributed by atoms with Gasteiger partial charge in [-0.2, -0.15) is 0 Å². The number of nitrogens with one attached hydrogen (secondary N) is 1. The lowest BCUT2D eigenvalue weighted by Gasteiger charge is -2.13. The molecule has 0 aliphatic carbocycles. The van der Waals surface area contributed by atoms with E-state index in [0.29, 0.717) is 28.1 Å². The molecular weight excluding hydrogens is 448 g/mol. The van der Waals surface area contributed by atoms with Gasteiger partial charge >= 0.3 is 5.97 Å². The summed E-state index contributed by atoms with van der Waals surface area (Å²) in [6, 6.07) is 10.5. The molecule has 1 aliphatic heterocycles. The van der Waals surface area contributed by atoms with Crippen molar-refractivity contribution >= 4 is 51.4 Å². The summed E-state index contributed by atoms with van der Waals surface area (Å²) in [6.45, 7) is 2.11. The average Bonchev–Trinajstić information content (AvgIpc) is 3.50. The molecule has 2 aromatic heterocycles. The Kier molecular flexibility index (Phi) is 6.48. The van der Waals surface area contributed by atoms with Crippen LogP contribution >= 0.6 is 22.7 Å². The van der Waals surface area contributed by atoms with Crippen molar-refractivity contribution in [2.75, 3.05) is 18.5 Å². The number of benzene rings is 1. The van der Waals surface area contributed by atoms with E-state index in [2.05, 4.69) is 5.32 Å². The molecular formula is C23H20N2O5S2. The number of esters is 1. The molecule has 3 heterocycles. The number of rotatable bonds is 8. The normalized spacial score (nSPS) is 12.7. The van der Waals surface area contributed by atoms with E-state index in [4.69, 9.17) is 4.74 Å². The maximum atomic E-state index is 12.6. The van der Waals surface area contributed by atoms with Gasteiger partial charge in [0.25, 0.3) is 11.8 Å². The Morgan fingerprint density at radius 2 is 1.72 bits per heavy atom. The number of carbonyl (C=O) groups is 4. The van der Waals surface area contributed by atoms with Crippen LogP contribution in [0.3, 0.4) is 0 Å². The van der Waals surface area contributed by atoms with Crippen molar-refractivity contribution in [3.63, 3.8) is 0 Å². The number of hydrogen-bond donors (Lipinski definition) is 1. The second kappa shape index (κ2) is 9.46. The monoisotopic (exact) mass is 468 g/mol. The van der Waals surface area contributed by atoms with E-state index in [1.54, 1.807) is 31.2 Å². The molecule has 164 valence electrons. The third kappa shape index (κ3) is 4.21. The number of carbonyl (C=O) groups excluding carboxylic acids is 4. The Labute approximate surface area is 192 Å². The van der Waals surface area contributed by atoms with E-state index in [-0.39, 0.29) is 37.3 Å². The minimum Gasteiger partial charge on any atom is -0.462 e. The summed E-state index contributed by atoms with van der Waals surface area (Å²) < 4.78 is 5.19. The number of ether oxygens (including phenoxy) is 1. The molecule has 1 aliphatic rings. The second-order valence-electron chi connectivity index (χ2n) is 7.01. The lowest BCUT2D eigenvalue weighted by Crippen LogP contribution is -2.31. The summed E-state index contributed by atoms with van der Waals surface area (Å²) in [5, 5.41) is 6.96. The van der Waals surface area contributed by atoms with E-state index < -0.39 is 5.97 Å². The Hall–Kier alpha value is -3.30. The van der Waals surface area contributed by atoms with Crippen LogP contribution in [0.25, 0.3) is 10.4 Å². The number of nitrogens with zero attached hydrogens (tertiary/aromatic N) is 1. The molecule has 1 aromatic carbocycles. The van der Waals surface area contributed by atoms with Gasteiger partial charge in [-0.1, -0.05) is 18.2 Å². The summed E-state index contributed by atoms with van der Waals surface area (Å²) in [7, 11) is 0. The predicted molar refractivity (Wildman–Crippen MR) is 123 cm³/mol. The second-order valence-corrected chi connectivity index (χ2v) is 8.84. The third-order valence-electron chi connectivity index (χ3n) is 4.97. The van der Waals surface area contributed by atoms with Crippen LogP contribution in [-0.2, 0) is 9.53 Å². The first kappa shape index (κ1) is 21.9. The highest BCUT2D eigenvalue weighted by Gasteiger charge is 2.34. The zero-order valence-corrected chi connectivity index (χ0v) is 18.9. The molecule has 0 saturated heterocycles. The van der Waals surface area contributed by atoms with Crippen LogP contribution in [0.15, 0.2) is 47.2 Å². The van der Waals surface area contributed by atoms with Crippen molar-refractivity contribution in [2.45, 2.75) is 19.8 Å². The van der Waals surface area contributed by atoms with Gasteiger partial charge in [0.05, 0.1) is 17.7 Å². The SMILES string of the molecule is CCOC(=O)c1c(-c2cccs2)csc1NC(=O)CCCN1C(=O)c2ccccc2C1=O. The number of hydrogen-bond acceptors (Lipinski definition) is 7. The number of imide groups is 1. The van der Waals surface area contributed by atoms with Crippen LogP contribution in [-0.4, -0.2) is 41.7 Å². The molecule has 0 unspecified atom stereocenters. The fourth-order valence-corrected chi connectivity index (χ4v) is 5.29. The maximum absolute atomic E-state index is 12.6. The van der Waals surface area contributed by atoms with E-state index in [9.17, 15) is 19.2 Å². The van der Waals surface area contributed by atoms with Crippen LogP contribution in [0.1, 0.15) is 50.8 Å². The highest BCUT2D eigenvalue weighted by atomic mass is 32.1. The van der Waals surface area contributed by atoms with Crippen LogP contribution in [0.4, 0.5) is 5.00 Å². The smallest absolute Gasteiger partial charge is 0.341 e. The highest BCUT2D eigenvalue weighted by Crippen LogP contribution is 2.38. The highest BCUT2D eigenvalue weighted by molar-refractivity contribution is 7.17. The summed E-state index contributed by atoms with van der Waals surface area (Å²) in [5.74, 6) is -1.46. The van der Waals surface area contributed by atoms with Gasteiger partial charge in [0.1, 0.15) is 10.6 Å². The molecule has 0 fully saturated rings. The van der Waals surface area contributed by atoms with E-state index in [1.807, 2.05) is 22.9 Å². The number of amides is 3. The van der Waals surface area contributed by atoms with Crippen molar-refractivity contribution in [3.05, 3.63) is 63.8 Å². The fourth-order valence-electron chi connectivity index (χ4n) is 3.50. The first-order valence-electron chi connectivity index (χ1n) is 10.1. The zero-order valence-electron chi connectivity index (χ0n) is 17.3. The lowest BCUT2D eigenvalue weighted by atomic mass is 10.1. The van der Waals surface area contributed by atoms with Crippen molar-refractivity contribution in [1.82, 2.24) is 4.90 Å². The molecule has 0 atom stereocenters. The summed E-state index contributed by atoms with van der Waals surface area (Å²) >= 11 is 2.76. The van der Waals surface area contributed by atoms with Crippen molar-refractivity contribution in [2.24, 2.45) is 0 Å². The molecule has 0 bridgehead atoms. The number of thiophene rings is 2. The van der Waals surface area contributed by atoms with Crippen molar-refractivity contribution in [1.29, 1.82) is 0 Å². The summed E-state index contributed by atoms with van der Waals surface area (Å²) in [4.78, 5) is 52.0. The molecule has 4 rings (SSSR count). The van der Waals surface area contributed by atoms with E-state index >= 15 is 0 Å². The summed E-state index contributed by atoms with van der Waals surface area (Å²) in [6.07, 6.45) is 0.414. The fraction of sp³-hybridized carbons (Fsp3) is 0.217. The van der Waals surface area contributed by atoms with Crippen LogP contribution in [0.2, 0.25) is 0 Å². The Balaban J connectivity index is 1.40. The Morgan fingerprint density at radius 1 is 1.00 bits per heavy atom. The average molecular weight is 469 g/mol. The maximum Gasteiger partial charge on any atom is 0.341 e. The predicted octanol–water partition coefficient (Wildman–Crippen LogP) is 4.67. The quantitative estimate of drug-likeness (QED) is 0.383.